The summed E-state index contributed by atoms with van der Waals surface area (Å²) in [6, 6.07) is 3.79. The van der Waals surface area contributed by atoms with Gasteiger partial charge in [-0.15, -0.1) is 11.3 Å². The van der Waals surface area contributed by atoms with Gasteiger partial charge in [-0.2, -0.15) is 0 Å². The molecule has 4 heteroatoms. The minimum Gasteiger partial charge on any atom is -0.338 e. The van der Waals surface area contributed by atoms with Gasteiger partial charge in [0.05, 0.1) is 4.88 Å². The number of hydrogen-bond acceptors (Lipinski definition) is 3. The first-order valence-electron chi connectivity index (χ1n) is 8.21. The van der Waals surface area contributed by atoms with Crippen molar-refractivity contribution < 1.29 is 4.79 Å². The SMILES string of the molecule is CCCc1cc(C(=O)N(C)C2CC3CCC(C2)N3)sc1C. The Morgan fingerprint density at radius 1 is 1.38 bits per heavy atom. The molecule has 116 valence electrons. The minimum atomic E-state index is 0.219. The number of thiophene rings is 1. The molecule has 0 spiro atoms. The summed E-state index contributed by atoms with van der Waals surface area (Å²) in [7, 11) is 1.99. The third kappa shape index (κ3) is 3.02. The molecule has 2 aliphatic rings. The van der Waals surface area contributed by atoms with Crippen LogP contribution in [0.4, 0.5) is 0 Å². The number of piperidine rings is 1. The van der Waals surface area contributed by atoms with Crippen LogP contribution in [0.25, 0.3) is 0 Å². The van der Waals surface area contributed by atoms with Crippen molar-refractivity contribution in [3.8, 4) is 0 Å². The molecule has 1 N–H and O–H groups in total. The van der Waals surface area contributed by atoms with Crippen LogP contribution in [0.5, 0.6) is 0 Å². The lowest BCUT2D eigenvalue weighted by Crippen LogP contribution is -2.48. The van der Waals surface area contributed by atoms with Gasteiger partial charge in [-0.25, -0.2) is 0 Å². The minimum absolute atomic E-state index is 0.219. The highest BCUT2D eigenvalue weighted by molar-refractivity contribution is 7.14. The summed E-state index contributed by atoms with van der Waals surface area (Å²) >= 11 is 1.67. The van der Waals surface area contributed by atoms with Crippen LogP contribution in [-0.4, -0.2) is 36.0 Å². The molecular weight excluding hydrogens is 280 g/mol. The topological polar surface area (TPSA) is 32.3 Å². The van der Waals surface area contributed by atoms with Gasteiger partial charge >= 0.3 is 0 Å². The molecule has 1 aromatic heterocycles. The van der Waals surface area contributed by atoms with E-state index in [9.17, 15) is 4.79 Å². The van der Waals surface area contributed by atoms with Gasteiger partial charge in [-0.1, -0.05) is 13.3 Å². The molecule has 2 aliphatic heterocycles. The Bertz CT molecular complexity index is 513. The molecule has 21 heavy (non-hydrogen) atoms. The molecule has 2 fully saturated rings. The molecule has 2 saturated heterocycles. The largest absolute Gasteiger partial charge is 0.338 e. The zero-order valence-electron chi connectivity index (χ0n) is 13.3. The van der Waals surface area contributed by atoms with Gasteiger partial charge in [0.1, 0.15) is 0 Å². The number of rotatable bonds is 4. The predicted octanol–water partition coefficient (Wildman–Crippen LogP) is 3.36. The molecule has 0 aliphatic carbocycles. The number of nitrogens with zero attached hydrogens (tertiary/aromatic N) is 1. The highest BCUT2D eigenvalue weighted by Gasteiger charge is 2.36. The second kappa shape index (κ2) is 6.09. The number of nitrogens with one attached hydrogen (secondary N) is 1. The monoisotopic (exact) mass is 306 g/mol. The van der Waals surface area contributed by atoms with Crippen molar-refractivity contribution in [2.24, 2.45) is 0 Å². The predicted molar refractivity (Wildman–Crippen MR) is 88.1 cm³/mol. The maximum absolute atomic E-state index is 12.8. The van der Waals surface area contributed by atoms with Crippen molar-refractivity contribution in [1.29, 1.82) is 0 Å². The summed E-state index contributed by atoms with van der Waals surface area (Å²) < 4.78 is 0. The maximum Gasteiger partial charge on any atom is 0.263 e. The molecule has 2 unspecified atom stereocenters. The molecule has 3 nitrogen and oxygen atoms in total. The molecule has 0 saturated carbocycles. The van der Waals surface area contributed by atoms with E-state index in [1.54, 1.807) is 11.3 Å². The van der Waals surface area contributed by atoms with Gasteiger partial charge in [0.25, 0.3) is 5.91 Å². The first-order chi connectivity index (χ1) is 10.1. The first-order valence-corrected chi connectivity index (χ1v) is 9.02. The fourth-order valence-electron chi connectivity index (χ4n) is 3.83. The standard InChI is InChI=1S/C17H26N2OS/c1-4-5-12-8-16(21-11(12)2)17(20)19(3)15-9-13-6-7-14(10-15)18-13/h8,13-15,18H,4-7,9-10H2,1-3H3. The molecule has 0 radical (unpaired) electrons. The van der Waals surface area contributed by atoms with Gasteiger partial charge in [0.15, 0.2) is 0 Å². The lowest BCUT2D eigenvalue weighted by atomic mass is 9.98. The summed E-state index contributed by atoms with van der Waals surface area (Å²) in [5.41, 5.74) is 1.35. The molecule has 2 atom stereocenters. The van der Waals surface area contributed by atoms with Crippen molar-refractivity contribution in [2.45, 2.75) is 70.5 Å². The van der Waals surface area contributed by atoms with Gasteiger partial charge < -0.3 is 10.2 Å². The van der Waals surface area contributed by atoms with Crippen LogP contribution in [0.3, 0.4) is 0 Å². The number of carbonyl (C=O) groups is 1. The summed E-state index contributed by atoms with van der Waals surface area (Å²) in [4.78, 5) is 17.0. The zero-order valence-corrected chi connectivity index (χ0v) is 14.1. The fourth-order valence-corrected chi connectivity index (χ4v) is 4.88. The summed E-state index contributed by atoms with van der Waals surface area (Å²) in [6.45, 7) is 4.33. The third-order valence-corrected chi connectivity index (χ3v) is 6.15. The van der Waals surface area contributed by atoms with Crippen LogP contribution < -0.4 is 5.32 Å². The molecule has 3 rings (SSSR count). The van der Waals surface area contributed by atoms with E-state index >= 15 is 0 Å². The van der Waals surface area contributed by atoms with Gasteiger partial charge in [-0.3, -0.25) is 4.79 Å². The summed E-state index contributed by atoms with van der Waals surface area (Å²) in [6.07, 6.45) is 7.01. The molecule has 2 bridgehead atoms. The lowest BCUT2D eigenvalue weighted by molar-refractivity contribution is 0.0686. The number of hydrogen-bond donors (Lipinski definition) is 1. The third-order valence-electron chi connectivity index (χ3n) is 5.07. The van der Waals surface area contributed by atoms with Crippen LogP contribution in [-0.2, 0) is 6.42 Å². The lowest BCUT2D eigenvalue weighted by Gasteiger charge is -2.35. The smallest absolute Gasteiger partial charge is 0.263 e. The second-order valence-electron chi connectivity index (χ2n) is 6.62. The highest BCUT2D eigenvalue weighted by atomic mass is 32.1. The molecular formula is C17H26N2OS. The van der Waals surface area contributed by atoms with Crippen LogP contribution in [0.1, 0.15) is 59.1 Å². The Balaban J connectivity index is 1.70. The average Bonchev–Trinajstić information content (AvgIpc) is 3.01. The average molecular weight is 306 g/mol. The number of amides is 1. The Kier molecular flexibility index (Phi) is 4.36. The van der Waals surface area contributed by atoms with Crippen molar-refractivity contribution in [2.75, 3.05) is 7.05 Å². The van der Waals surface area contributed by atoms with Crippen molar-refractivity contribution in [3.63, 3.8) is 0 Å². The number of fused-ring (bicyclic) bond motifs is 2. The van der Waals surface area contributed by atoms with Crippen LogP contribution >= 0.6 is 11.3 Å². The number of carbonyl (C=O) groups excluding carboxylic acids is 1. The highest BCUT2D eigenvalue weighted by Crippen LogP contribution is 2.31. The van der Waals surface area contributed by atoms with Crippen LogP contribution in [0.2, 0.25) is 0 Å². The molecule has 1 aromatic rings. The number of aryl methyl sites for hydroxylation is 2. The van der Waals surface area contributed by atoms with Gasteiger partial charge in [0, 0.05) is 30.1 Å². The van der Waals surface area contributed by atoms with Crippen molar-refractivity contribution in [3.05, 3.63) is 21.4 Å². The Morgan fingerprint density at radius 2 is 2.05 bits per heavy atom. The van der Waals surface area contributed by atoms with Crippen LogP contribution in [0, 0.1) is 6.92 Å². The van der Waals surface area contributed by atoms with E-state index in [4.69, 9.17) is 0 Å². The summed E-state index contributed by atoms with van der Waals surface area (Å²) in [5.74, 6) is 0.219. The first kappa shape index (κ1) is 15.0. The Morgan fingerprint density at radius 3 is 2.67 bits per heavy atom. The van der Waals surface area contributed by atoms with Crippen molar-refractivity contribution >= 4 is 17.2 Å². The van der Waals surface area contributed by atoms with E-state index in [1.165, 1.54) is 23.3 Å². The maximum atomic E-state index is 12.8. The normalized spacial score (nSPS) is 27.9. The van der Waals surface area contributed by atoms with E-state index in [0.717, 1.165) is 30.6 Å². The van der Waals surface area contributed by atoms with E-state index in [2.05, 4.69) is 25.2 Å². The Labute approximate surface area is 131 Å². The molecule has 1 amide bonds. The van der Waals surface area contributed by atoms with Crippen LogP contribution in [0.15, 0.2) is 6.07 Å². The molecule has 3 heterocycles. The van der Waals surface area contributed by atoms with Gasteiger partial charge in [-0.05, 0) is 50.7 Å². The van der Waals surface area contributed by atoms with Gasteiger partial charge in [0.2, 0.25) is 0 Å². The van der Waals surface area contributed by atoms with E-state index in [1.807, 2.05) is 11.9 Å². The fraction of sp³-hybridized carbons (Fsp3) is 0.706. The Hall–Kier alpha value is -0.870. The van der Waals surface area contributed by atoms with E-state index < -0.39 is 0 Å². The molecule has 0 aromatic carbocycles. The van der Waals surface area contributed by atoms with E-state index in [-0.39, 0.29) is 5.91 Å². The quantitative estimate of drug-likeness (QED) is 0.925. The second-order valence-corrected chi connectivity index (χ2v) is 7.88. The van der Waals surface area contributed by atoms with E-state index in [0.29, 0.717) is 18.1 Å². The summed E-state index contributed by atoms with van der Waals surface area (Å²) in [5, 5.41) is 3.65. The van der Waals surface area contributed by atoms with Crippen molar-refractivity contribution in [1.82, 2.24) is 10.2 Å². The zero-order chi connectivity index (χ0) is 15.0.